The third-order valence-corrected chi connectivity index (χ3v) is 33.7. The van der Waals surface area contributed by atoms with Gasteiger partial charge >= 0.3 is 0 Å². The first-order valence-electron chi connectivity index (χ1n) is 16.2. The lowest BCUT2D eigenvalue weighted by molar-refractivity contribution is 1.43. The van der Waals surface area contributed by atoms with Crippen molar-refractivity contribution < 1.29 is 0 Å². The predicted molar refractivity (Wildman–Crippen MR) is 308 cm³/mol. The highest BCUT2D eigenvalue weighted by molar-refractivity contribution is 8.43. The molecule has 6 heterocycles. The van der Waals surface area contributed by atoms with Crippen molar-refractivity contribution in [1.29, 1.82) is 0 Å². The molecule has 0 saturated heterocycles. The van der Waals surface area contributed by atoms with E-state index in [1.54, 1.807) is 0 Å². The maximum absolute atomic E-state index is 2.56. The van der Waals surface area contributed by atoms with E-state index in [9.17, 15) is 0 Å². The van der Waals surface area contributed by atoms with Crippen LogP contribution in [0.1, 0.15) is 27.7 Å². The molecule has 6 aliphatic heterocycles. The van der Waals surface area contributed by atoms with Gasteiger partial charge in [0, 0.05) is 30.8 Å². The fourth-order valence-electron chi connectivity index (χ4n) is 4.96. The quantitative estimate of drug-likeness (QED) is 0.172. The molecule has 20 heteroatoms. The van der Waals surface area contributed by atoms with Gasteiger partial charge in [-0.05, 0) is 110 Å². The molecule has 0 aromatic rings. The van der Waals surface area contributed by atoms with E-state index >= 15 is 0 Å². The SMILES string of the molecule is CSC1=C(SC)SC(=C(C=C2SC(C)=C(C)S2)C(=C2SC(SC)=C(SC)S2)C(=C2SC(SC)=C(SC)S2)C(C=C2SC(C)=C(C)S2)=C2SC(SC)=C(SC)S2)S1. The van der Waals surface area contributed by atoms with Gasteiger partial charge in [-0.15, -0.1) is 94.1 Å². The first-order valence-corrected chi connectivity index (χ1v) is 35.8. The van der Waals surface area contributed by atoms with E-state index in [1.165, 1.54) is 101 Å². The Bertz CT molecular complexity index is 1810. The summed E-state index contributed by atoms with van der Waals surface area (Å²) < 4.78 is 19.5. The molecule has 6 aliphatic rings. The van der Waals surface area contributed by atoms with Crippen LogP contribution >= 0.6 is 235 Å². The standard InChI is InChI=1S/C36H38S20/c1-15-16(2)46-21(45-15)13-19(25-49-29(37-5)30(38-6)50-25)23(27-53-33(41-9)34(42-10)54-27)24(28-55-35(43-11)36(44-12)56-28)20(14-22-47-17(3)18(4)48-22)26-51-31(39-7)32(40-8)52-26/h13-14H,1-12H3. The van der Waals surface area contributed by atoms with Crippen molar-refractivity contribution in [3.63, 3.8) is 0 Å². The van der Waals surface area contributed by atoms with E-state index in [4.69, 9.17) is 0 Å². The third kappa shape index (κ3) is 11.5. The summed E-state index contributed by atoms with van der Waals surface area (Å²) >= 11 is 38.7. The first kappa shape index (κ1) is 49.3. The second-order valence-corrected chi connectivity index (χ2v) is 34.4. The molecule has 0 radical (unpaired) electrons. The van der Waals surface area contributed by atoms with Gasteiger partial charge in [0.2, 0.25) is 0 Å². The molecule has 6 rings (SSSR count). The Morgan fingerprint density at radius 3 is 0.696 bits per heavy atom. The largest absolute Gasteiger partial charge is 0.121 e. The monoisotopic (exact) mass is 1110 g/mol. The van der Waals surface area contributed by atoms with Crippen molar-refractivity contribution in [1.82, 2.24) is 0 Å². The van der Waals surface area contributed by atoms with Gasteiger partial charge in [-0.2, -0.15) is 0 Å². The molecule has 56 heavy (non-hydrogen) atoms. The van der Waals surface area contributed by atoms with E-state index in [0.29, 0.717) is 0 Å². The molecule has 0 atom stereocenters. The number of thioether (sulfide) groups is 20. The second-order valence-electron chi connectivity index (χ2n) is 11.0. The molecule has 0 saturated carbocycles. The van der Waals surface area contributed by atoms with Crippen molar-refractivity contribution in [2.45, 2.75) is 27.7 Å². The molecular weight excluding hydrogens is 1070 g/mol. The van der Waals surface area contributed by atoms with E-state index in [-0.39, 0.29) is 0 Å². The van der Waals surface area contributed by atoms with Crippen molar-refractivity contribution in [3.8, 4) is 0 Å². The minimum Gasteiger partial charge on any atom is -0.121 e. The Morgan fingerprint density at radius 2 is 0.500 bits per heavy atom. The summed E-state index contributed by atoms with van der Waals surface area (Å²) in [6, 6.07) is 0. The Kier molecular flexibility index (Phi) is 20.6. The average Bonchev–Trinajstić information content (AvgIpc) is 4.06. The highest BCUT2D eigenvalue weighted by Gasteiger charge is 2.37. The predicted octanol–water partition coefficient (Wildman–Crippen LogP) is 20.3. The zero-order valence-corrected chi connectivity index (χ0v) is 48.6. The normalized spacial score (nSPS) is 20.6. The van der Waals surface area contributed by atoms with E-state index in [0.717, 1.165) is 0 Å². The minimum absolute atomic E-state index is 1.35. The highest BCUT2D eigenvalue weighted by atomic mass is 32.3. The lowest BCUT2D eigenvalue weighted by Gasteiger charge is -2.23. The zero-order valence-electron chi connectivity index (χ0n) is 32.3. The van der Waals surface area contributed by atoms with Crippen LogP contribution < -0.4 is 0 Å². The van der Waals surface area contributed by atoms with E-state index < -0.39 is 0 Å². The van der Waals surface area contributed by atoms with Gasteiger partial charge in [0.05, 0.1) is 50.8 Å². The molecule has 0 bridgehead atoms. The number of hydrogen-bond acceptors (Lipinski definition) is 20. The number of rotatable bonds is 13. The van der Waals surface area contributed by atoms with Crippen LogP contribution in [0.3, 0.4) is 0 Å². The van der Waals surface area contributed by atoms with Crippen molar-refractivity contribution in [2.75, 3.05) is 50.0 Å². The summed E-state index contributed by atoms with van der Waals surface area (Å²) in [5.74, 6) is 0. The summed E-state index contributed by atoms with van der Waals surface area (Å²) in [6.45, 7) is 9.10. The van der Waals surface area contributed by atoms with Gasteiger partial charge in [0.15, 0.2) is 0 Å². The summed E-state index contributed by atoms with van der Waals surface area (Å²) in [6.07, 6.45) is 23.0. The third-order valence-electron chi connectivity index (χ3n) is 7.80. The fraction of sp³-hybridized carbons (Fsp3) is 0.333. The van der Waals surface area contributed by atoms with Crippen LogP contribution in [0, 0.1) is 0 Å². The Hall–Kier alpha value is 3.88. The highest BCUT2D eigenvalue weighted by Crippen LogP contribution is 2.68. The average molecular weight is 1110 g/mol. The van der Waals surface area contributed by atoms with Crippen LogP contribution in [-0.2, 0) is 0 Å². The van der Waals surface area contributed by atoms with E-state index in [1.807, 2.05) is 235 Å². The summed E-state index contributed by atoms with van der Waals surface area (Å²) in [7, 11) is 0. The molecule has 0 fully saturated rings. The number of allylic oxidation sites excluding steroid dienone is 10. The zero-order chi connectivity index (χ0) is 40.3. The van der Waals surface area contributed by atoms with Gasteiger partial charge in [-0.1, -0.05) is 141 Å². The van der Waals surface area contributed by atoms with Gasteiger partial charge in [-0.25, -0.2) is 0 Å². The molecule has 0 aromatic carbocycles. The van der Waals surface area contributed by atoms with Crippen LogP contribution in [-0.4, -0.2) is 50.0 Å². The smallest absolute Gasteiger partial charge is 0.0657 e. The molecule has 0 unspecified atom stereocenters. The summed E-state index contributed by atoms with van der Waals surface area (Å²) in [5.41, 5.74) is 5.45. The maximum atomic E-state index is 2.56. The lowest BCUT2D eigenvalue weighted by atomic mass is 9.96. The van der Waals surface area contributed by atoms with Crippen LogP contribution in [0.25, 0.3) is 0 Å². The molecule has 0 aliphatic carbocycles. The maximum Gasteiger partial charge on any atom is 0.0657 e. The van der Waals surface area contributed by atoms with Crippen molar-refractivity contribution >= 4 is 235 Å². The van der Waals surface area contributed by atoms with Gasteiger partial charge in [-0.3, -0.25) is 0 Å². The molecule has 0 amide bonds. The second kappa shape index (κ2) is 23.4. The topological polar surface area (TPSA) is 0 Å². The van der Waals surface area contributed by atoms with Gasteiger partial charge in [0.1, 0.15) is 0 Å². The molecule has 302 valence electrons. The van der Waals surface area contributed by atoms with Crippen LogP contribution in [0.15, 0.2) is 113 Å². The lowest BCUT2D eigenvalue weighted by Crippen LogP contribution is -2.03. The van der Waals surface area contributed by atoms with Gasteiger partial charge in [0.25, 0.3) is 0 Å². The Balaban J connectivity index is 1.73. The van der Waals surface area contributed by atoms with Crippen molar-refractivity contribution in [3.05, 3.63) is 113 Å². The minimum atomic E-state index is 1.35. The Morgan fingerprint density at radius 1 is 0.304 bits per heavy atom. The van der Waals surface area contributed by atoms with Gasteiger partial charge < -0.3 is 0 Å². The molecule has 0 aromatic heterocycles. The van der Waals surface area contributed by atoms with Crippen LogP contribution in [0.4, 0.5) is 0 Å². The van der Waals surface area contributed by atoms with E-state index in [2.05, 4.69) is 89.9 Å². The first-order chi connectivity index (χ1) is 27.0. The summed E-state index contributed by atoms with van der Waals surface area (Å²) in [4.78, 5) is 5.61. The fourth-order valence-corrected chi connectivity index (χ4v) is 30.1. The molecule has 0 spiro atoms. The van der Waals surface area contributed by atoms with Crippen molar-refractivity contribution in [2.24, 2.45) is 0 Å². The summed E-state index contributed by atoms with van der Waals surface area (Å²) in [5, 5.41) is 0. The molecular formula is C36H38S20. The molecule has 0 nitrogen and oxygen atoms in total. The van der Waals surface area contributed by atoms with Crippen LogP contribution in [0.5, 0.6) is 0 Å². The number of hydrogen-bond donors (Lipinski definition) is 0. The van der Waals surface area contributed by atoms with Crippen LogP contribution in [0.2, 0.25) is 0 Å². The molecule has 0 N–H and O–H groups in total. The Labute approximate surface area is 420 Å².